The van der Waals surface area contributed by atoms with Gasteiger partial charge in [0.1, 0.15) is 0 Å². The van der Waals surface area contributed by atoms with Gasteiger partial charge in [-0.25, -0.2) is 5.01 Å². The Hall–Kier alpha value is -3.11. The summed E-state index contributed by atoms with van der Waals surface area (Å²) in [6.07, 6.45) is 0. The average Bonchev–Trinajstić information content (AvgIpc) is 2.71. The normalized spacial score (nSPS) is 11.0. The number of rotatable bonds is 3. The number of nitrogens with zero attached hydrogens (tertiary/aromatic N) is 1. The molecule has 0 unspecified atom stereocenters. The molecule has 0 aliphatic rings. The van der Waals surface area contributed by atoms with E-state index in [0.717, 1.165) is 11.1 Å². The van der Waals surface area contributed by atoms with Gasteiger partial charge in [-0.05, 0) is 50.1 Å². The number of carbonyl (C=O) groups excluding carboxylic acids is 2. The standard InChI is InChI=1S/C24H23ClN2O2/c1-24(2,3)27(23(29)20-15-9-10-16-21(20)25)26-22(28)19-14-8-7-13-18(19)17-11-5-4-6-12-17/h4-16H,1-3H3,(H,26,28). The molecule has 3 aromatic rings. The first-order valence-electron chi connectivity index (χ1n) is 9.33. The smallest absolute Gasteiger partial charge is 0.267 e. The SMILES string of the molecule is CC(C)(C)N(NC(=O)c1ccccc1-c1ccccc1)C(=O)c1ccccc1Cl. The first kappa shape index (κ1) is 20.6. The lowest BCUT2D eigenvalue weighted by atomic mass is 9.99. The van der Waals surface area contributed by atoms with Gasteiger partial charge in [0.25, 0.3) is 11.8 Å². The van der Waals surface area contributed by atoms with E-state index < -0.39 is 5.54 Å². The monoisotopic (exact) mass is 406 g/mol. The Kier molecular flexibility index (Phi) is 6.04. The van der Waals surface area contributed by atoms with Gasteiger partial charge >= 0.3 is 0 Å². The van der Waals surface area contributed by atoms with E-state index in [0.29, 0.717) is 16.1 Å². The number of hydrogen-bond donors (Lipinski definition) is 1. The summed E-state index contributed by atoms with van der Waals surface area (Å²) in [5, 5.41) is 1.67. The third-order valence-corrected chi connectivity index (χ3v) is 4.78. The molecule has 0 spiro atoms. The van der Waals surface area contributed by atoms with E-state index in [4.69, 9.17) is 11.6 Å². The van der Waals surface area contributed by atoms with Gasteiger partial charge in [0.05, 0.1) is 16.1 Å². The van der Waals surface area contributed by atoms with Crippen molar-refractivity contribution in [3.63, 3.8) is 0 Å². The van der Waals surface area contributed by atoms with Crippen LogP contribution in [0.25, 0.3) is 11.1 Å². The Morgan fingerprint density at radius 1 is 0.793 bits per heavy atom. The number of halogens is 1. The second-order valence-electron chi connectivity index (χ2n) is 7.64. The van der Waals surface area contributed by atoms with Crippen LogP contribution in [-0.2, 0) is 0 Å². The molecule has 0 saturated carbocycles. The minimum atomic E-state index is -0.659. The maximum absolute atomic E-state index is 13.2. The number of nitrogens with one attached hydrogen (secondary N) is 1. The molecule has 2 amide bonds. The lowest BCUT2D eigenvalue weighted by Gasteiger charge is -2.35. The van der Waals surface area contributed by atoms with Gasteiger partial charge in [0.2, 0.25) is 0 Å². The van der Waals surface area contributed by atoms with E-state index in [9.17, 15) is 9.59 Å². The third-order valence-electron chi connectivity index (χ3n) is 4.45. The van der Waals surface area contributed by atoms with Crippen LogP contribution in [0.3, 0.4) is 0 Å². The van der Waals surface area contributed by atoms with Crippen LogP contribution in [0.1, 0.15) is 41.5 Å². The van der Waals surface area contributed by atoms with Gasteiger partial charge in [-0.1, -0.05) is 72.3 Å². The minimum Gasteiger partial charge on any atom is -0.267 e. The highest BCUT2D eigenvalue weighted by Gasteiger charge is 2.31. The lowest BCUT2D eigenvalue weighted by molar-refractivity contribution is 0.0359. The van der Waals surface area contributed by atoms with Gasteiger partial charge in [0.15, 0.2) is 0 Å². The fourth-order valence-corrected chi connectivity index (χ4v) is 3.21. The molecule has 3 rings (SSSR count). The zero-order valence-electron chi connectivity index (χ0n) is 16.6. The molecule has 0 aromatic heterocycles. The molecule has 0 saturated heterocycles. The zero-order valence-corrected chi connectivity index (χ0v) is 17.4. The van der Waals surface area contributed by atoms with Crippen LogP contribution >= 0.6 is 11.6 Å². The van der Waals surface area contributed by atoms with Crippen molar-refractivity contribution in [2.75, 3.05) is 0 Å². The molecular formula is C24H23ClN2O2. The van der Waals surface area contributed by atoms with Crippen LogP contribution < -0.4 is 5.43 Å². The molecule has 1 N–H and O–H groups in total. The van der Waals surface area contributed by atoms with Gasteiger partial charge in [0, 0.05) is 5.56 Å². The number of hydrogen-bond acceptors (Lipinski definition) is 2. The third kappa shape index (κ3) is 4.66. The first-order valence-corrected chi connectivity index (χ1v) is 9.71. The van der Waals surface area contributed by atoms with Gasteiger partial charge in [-0.2, -0.15) is 0 Å². The van der Waals surface area contributed by atoms with Crippen molar-refractivity contribution in [1.29, 1.82) is 0 Å². The van der Waals surface area contributed by atoms with Crippen LogP contribution in [0.15, 0.2) is 78.9 Å². The average molecular weight is 407 g/mol. The lowest BCUT2D eigenvalue weighted by Crippen LogP contribution is -2.56. The van der Waals surface area contributed by atoms with E-state index >= 15 is 0 Å². The number of hydrazine groups is 1. The molecular weight excluding hydrogens is 384 g/mol. The fourth-order valence-electron chi connectivity index (χ4n) is 2.99. The highest BCUT2D eigenvalue weighted by atomic mass is 35.5. The first-order chi connectivity index (χ1) is 13.8. The highest BCUT2D eigenvalue weighted by Crippen LogP contribution is 2.25. The molecule has 0 atom stereocenters. The Morgan fingerprint density at radius 2 is 1.34 bits per heavy atom. The van der Waals surface area contributed by atoms with Gasteiger partial charge < -0.3 is 0 Å². The van der Waals surface area contributed by atoms with Crippen molar-refractivity contribution in [3.05, 3.63) is 95.0 Å². The van der Waals surface area contributed by atoms with E-state index in [-0.39, 0.29) is 11.8 Å². The number of carbonyl (C=O) groups is 2. The van der Waals surface area contributed by atoms with E-state index in [1.54, 1.807) is 36.4 Å². The molecule has 0 aliphatic heterocycles. The summed E-state index contributed by atoms with van der Waals surface area (Å²) < 4.78 is 0. The van der Waals surface area contributed by atoms with Crippen molar-refractivity contribution in [3.8, 4) is 11.1 Å². The van der Waals surface area contributed by atoms with E-state index in [1.165, 1.54) is 5.01 Å². The second-order valence-corrected chi connectivity index (χ2v) is 8.05. The topological polar surface area (TPSA) is 49.4 Å². The Bertz CT molecular complexity index is 1030. The van der Waals surface area contributed by atoms with E-state index in [1.807, 2.05) is 63.2 Å². The molecule has 29 heavy (non-hydrogen) atoms. The summed E-state index contributed by atoms with van der Waals surface area (Å²) in [4.78, 5) is 26.3. The molecule has 0 bridgehead atoms. The molecule has 148 valence electrons. The minimum absolute atomic E-state index is 0.334. The molecule has 0 aliphatic carbocycles. The molecule has 3 aromatic carbocycles. The predicted octanol–water partition coefficient (Wildman–Crippen LogP) is 5.59. The van der Waals surface area contributed by atoms with Crippen LogP contribution in [0.4, 0.5) is 0 Å². The molecule has 4 nitrogen and oxygen atoms in total. The van der Waals surface area contributed by atoms with Crippen molar-refractivity contribution >= 4 is 23.4 Å². The number of benzene rings is 3. The molecule has 5 heteroatoms. The summed E-state index contributed by atoms with van der Waals surface area (Å²) >= 11 is 6.21. The second kappa shape index (κ2) is 8.50. The maximum Gasteiger partial charge on any atom is 0.274 e. The van der Waals surface area contributed by atoms with Gasteiger partial charge in [-0.3, -0.25) is 15.0 Å². The van der Waals surface area contributed by atoms with E-state index in [2.05, 4.69) is 5.43 Å². The van der Waals surface area contributed by atoms with Gasteiger partial charge in [-0.15, -0.1) is 0 Å². The summed E-state index contributed by atoms with van der Waals surface area (Å²) in [7, 11) is 0. The van der Waals surface area contributed by atoms with Crippen molar-refractivity contribution in [2.24, 2.45) is 0 Å². The van der Waals surface area contributed by atoms with Crippen LogP contribution in [0.2, 0.25) is 5.02 Å². The zero-order chi connectivity index (χ0) is 21.0. The van der Waals surface area contributed by atoms with Crippen molar-refractivity contribution in [2.45, 2.75) is 26.3 Å². The van der Waals surface area contributed by atoms with Crippen LogP contribution in [0.5, 0.6) is 0 Å². The highest BCUT2D eigenvalue weighted by molar-refractivity contribution is 6.33. The quantitative estimate of drug-likeness (QED) is 0.576. The molecule has 0 heterocycles. The largest absolute Gasteiger partial charge is 0.274 e. The number of amides is 2. The van der Waals surface area contributed by atoms with Crippen molar-refractivity contribution in [1.82, 2.24) is 10.4 Å². The van der Waals surface area contributed by atoms with Crippen LogP contribution in [-0.4, -0.2) is 22.4 Å². The predicted molar refractivity (Wildman–Crippen MR) is 117 cm³/mol. The Balaban J connectivity index is 1.95. The molecule has 0 radical (unpaired) electrons. The maximum atomic E-state index is 13.2. The van der Waals surface area contributed by atoms with Crippen molar-refractivity contribution < 1.29 is 9.59 Å². The summed E-state index contributed by atoms with van der Waals surface area (Å²) in [5.74, 6) is -0.728. The van der Waals surface area contributed by atoms with Crippen LogP contribution in [0, 0.1) is 0 Å². The Morgan fingerprint density at radius 3 is 1.97 bits per heavy atom. The molecule has 0 fully saturated rings. The summed E-state index contributed by atoms with van der Waals surface area (Å²) in [6.45, 7) is 5.56. The summed E-state index contributed by atoms with van der Waals surface area (Å²) in [5.41, 5.74) is 4.68. The Labute approximate surface area is 176 Å². The summed E-state index contributed by atoms with van der Waals surface area (Å²) in [6, 6.07) is 23.8. The fraction of sp³-hybridized carbons (Fsp3) is 0.167.